The van der Waals surface area contributed by atoms with Gasteiger partial charge in [-0.1, -0.05) is 6.42 Å². The van der Waals surface area contributed by atoms with Crippen LogP contribution in [-0.4, -0.2) is 35.6 Å². The molecule has 5 unspecified atom stereocenters. The van der Waals surface area contributed by atoms with E-state index in [4.69, 9.17) is 5.11 Å². The lowest BCUT2D eigenvalue weighted by molar-refractivity contribution is -0.146. The summed E-state index contributed by atoms with van der Waals surface area (Å²) >= 11 is 0. The van der Waals surface area contributed by atoms with E-state index in [1.807, 2.05) is 0 Å². The maximum absolute atomic E-state index is 12.3. The van der Waals surface area contributed by atoms with Gasteiger partial charge < -0.3 is 15.7 Å². The first-order chi connectivity index (χ1) is 9.13. The van der Waals surface area contributed by atoms with Crippen molar-refractivity contribution in [3.63, 3.8) is 0 Å². The van der Waals surface area contributed by atoms with E-state index in [0.717, 1.165) is 32.2 Å². The van der Waals surface area contributed by atoms with Crippen molar-refractivity contribution in [2.75, 3.05) is 6.54 Å². The van der Waals surface area contributed by atoms with Gasteiger partial charge in [0.05, 0.1) is 11.8 Å². The van der Waals surface area contributed by atoms with E-state index in [1.165, 1.54) is 6.42 Å². The third-order valence-corrected chi connectivity index (χ3v) is 5.02. The van der Waals surface area contributed by atoms with Crippen molar-refractivity contribution in [3.05, 3.63) is 0 Å². The molecule has 5 nitrogen and oxygen atoms in total. The fraction of sp³-hybridized carbons (Fsp3) is 0.857. The topological polar surface area (TPSA) is 78.4 Å². The lowest BCUT2D eigenvalue weighted by Gasteiger charge is -2.29. The average molecular weight is 266 g/mol. The molecule has 0 aromatic heterocycles. The van der Waals surface area contributed by atoms with Crippen LogP contribution in [0.2, 0.25) is 0 Å². The Morgan fingerprint density at radius 3 is 2.63 bits per heavy atom. The first kappa shape index (κ1) is 12.9. The van der Waals surface area contributed by atoms with Gasteiger partial charge in [0, 0.05) is 12.1 Å². The summed E-state index contributed by atoms with van der Waals surface area (Å²) in [4.78, 5) is 23.4. The monoisotopic (exact) mass is 266 g/mol. The molecule has 1 saturated heterocycles. The zero-order chi connectivity index (χ0) is 13.4. The number of hydrogen-bond donors (Lipinski definition) is 3. The number of nitrogens with one attached hydrogen (secondary N) is 2. The highest BCUT2D eigenvalue weighted by Crippen LogP contribution is 2.33. The van der Waals surface area contributed by atoms with Crippen LogP contribution in [0.1, 0.15) is 38.5 Å². The molecule has 0 radical (unpaired) electrons. The Kier molecular flexibility index (Phi) is 3.48. The first-order valence-corrected chi connectivity index (χ1v) is 7.40. The molecular formula is C14H22N2O3. The predicted molar refractivity (Wildman–Crippen MR) is 69.5 cm³/mol. The number of amides is 1. The quantitative estimate of drug-likeness (QED) is 0.704. The van der Waals surface area contributed by atoms with Crippen molar-refractivity contribution in [3.8, 4) is 0 Å². The summed E-state index contributed by atoms with van der Waals surface area (Å²) in [5.41, 5.74) is 0. The Morgan fingerprint density at radius 1 is 1.11 bits per heavy atom. The van der Waals surface area contributed by atoms with Gasteiger partial charge in [-0.15, -0.1) is 0 Å². The number of aliphatic carboxylic acids is 1. The number of carboxylic acids is 1. The fourth-order valence-corrected chi connectivity index (χ4v) is 4.10. The molecule has 3 N–H and O–H groups in total. The van der Waals surface area contributed by atoms with E-state index in [2.05, 4.69) is 10.6 Å². The van der Waals surface area contributed by atoms with Gasteiger partial charge in [-0.25, -0.2) is 0 Å². The molecule has 2 bridgehead atoms. The second kappa shape index (κ2) is 5.12. The number of carbonyl (C=O) groups is 2. The van der Waals surface area contributed by atoms with Crippen molar-refractivity contribution < 1.29 is 14.7 Å². The van der Waals surface area contributed by atoms with Gasteiger partial charge >= 0.3 is 5.97 Å². The Labute approximate surface area is 113 Å². The molecule has 2 saturated carbocycles. The maximum atomic E-state index is 12.3. The SMILES string of the molecule is O=C(O)C1CCCC1C(=O)NC1CC2CNC(C2)C1. The molecule has 1 amide bonds. The van der Waals surface area contributed by atoms with E-state index in [9.17, 15) is 9.59 Å². The van der Waals surface area contributed by atoms with Gasteiger partial charge in [-0.3, -0.25) is 9.59 Å². The fourth-order valence-electron chi connectivity index (χ4n) is 4.10. The van der Waals surface area contributed by atoms with Crippen LogP contribution in [0.3, 0.4) is 0 Å². The van der Waals surface area contributed by atoms with E-state index in [1.54, 1.807) is 0 Å². The molecule has 0 spiro atoms. The summed E-state index contributed by atoms with van der Waals surface area (Å²) in [6.07, 6.45) is 5.48. The zero-order valence-corrected chi connectivity index (χ0v) is 11.1. The van der Waals surface area contributed by atoms with Crippen molar-refractivity contribution >= 4 is 11.9 Å². The number of hydrogen-bond acceptors (Lipinski definition) is 3. The van der Waals surface area contributed by atoms with Crippen LogP contribution in [0.4, 0.5) is 0 Å². The van der Waals surface area contributed by atoms with Gasteiger partial charge in [-0.2, -0.15) is 0 Å². The standard InChI is InChI=1S/C14H22N2O3/c17-13(11-2-1-3-12(11)14(18)19)16-10-5-8-4-9(6-10)15-7-8/h8-12,15H,1-7H2,(H,16,17)(H,18,19). The van der Waals surface area contributed by atoms with E-state index < -0.39 is 11.9 Å². The highest BCUT2D eigenvalue weighted by Gasteiger charge is 2.40. The molecule has 0 aromatic carbocycles. The van der Waals surface area contributed by atoms with Crippen molar-refractivity contribution in [2.24, 2.45) is 17.8 Å². The molecule has 3 rings (SSSR count). The molecule has 5 heteroatoms. The summed E-state index contributed by atoms with van der Waals surface area (Å²) in [5, 5.41) is 15.7. The Bertz CT molecular complexity index is 373. The minimum Gasteiger partial charge on any atom is -0.481 e. The Hall–Kier alpha value is -1.10. The molecule has 0 aromatic rings. The Morgan fingerprint density at radius 2 is 1.89 bits per heavy atom. The van der Waals surface area contributed by atoms with Crippen LogP contribution in [-0.2, 0) is 9.59 Å². The van der Waals surface area contributed by atoms with E-state index >= 15 is 0 Å². The van der Waals surface area contributed by atoms with Gasteiger partial charge in [-0.05, 0) is 44.6 Å². The van der Waals surface area contributed by atoms with Crippen LogP contribution in [0.5, 0.6) is 0 Å². The number of carboxylic acid groups (broad SMARTS) is 1. The minimum atomic E-state index is -0.817. The Balaban J connectivity index is 1.57. The number of rotatable bonds is 3. The van der Waals surface area contributed by atoms with Crippen LogP contribution in [0.25, 0.3) is 0 Å². The van der Waals surface area contributed by atoms with Gasteiger partial charge in [0.2, 0.25) is 5.91 Å². The van der Waals surface area contributed by atoms with E-state index in [-0.39, 0.29) is 17.9 Å². The lowest BCUT2D eigenvalue weighted by atomic mass is 9.86. The third-order valence-electron chi connectivity index (χ3n) is 5.02. The van der Waals surface area contributed by atoms with Gasteiger partial charge in [0.1, 0.15) is 0 Å². The average Bonchev–Trinajstić information content (AvgIpc) is 2.96. The second-order valence-corrected chi connectivity index (χ2v) is 6.37. The van der Waals surface area contributed by atoms with Crippen LogP contribution in [0, 0.1) is 17.8 Å². The maximum Gasteiger partial charge on any atom is 0.307 e. The molecule has 106 valence electrons. The smallest absolute Gasteiger partial charge is 0.307 e. The van der Waals surface area contributed by atoms with Crippen LogP contribution in [0.15, 0.2) is 0 Å². The number of carbonyl (C=O) groups excluding carboxylic acids is 1. The summed E-state index contributed by atoms with van der Waals surface area (Å²) in [6, 6.07) is 0.782. The molecule has 19 heavy (non-hydrogen) atoms. The van der Waals surface area contributed by atoms with Crippen LogP contribution < -0.4 is 10.6 Å². The van der Waals surface area contributed by atoms with E-state index in [0.29, 0.717) is 18.4 Å². The molecule has 1 aliphatic heterocycles. The van der Waals surface area contributed by atoms with Crippen molar-refractivity contribution in [2.45, 2.75) is 50.6 Å². The first-order valence-electron chi connectivity index (χ1n) is 7.40. The minimum absolute atomic E-state index is 0.0313. The van der Waals surface area contributed by atoms with Gasteiger partial charge in [0.15, 0.2) is 0 Å². The highest BCUT2D eigenvalue weighted by atomic mass is 16.4. The lowest BCUT2D eigenvalue weighted by Crippen LogP contribution is -2.45. The largest absolute Gasteiger partial charge is 0.481 e. The summed E-state index contributed by atoms with van der Waals surface area (Å²) in [7, 11) is 0. The molecule has 3 fully saturated rings. The van der Waals surface area contributed by atoms with Crippen LogP contribution >= 0.6 is 0 Å². The number of fused-ring (bicyclic) bond motifs is 2. The van der Waals surface area contributed by atoms with Crippen molar-refractivity contribution in [1.29, 1.82) is 0 Å². The summed E-state index contributed by atoms with van der Waals surface area (Å²) in [5.74, 6) is -0.953. The van der Waals surface area contributed by atoms with Gasteiger partial charge in [0.25, 0.3) is 0 Å². The normalized spacial score (nSPS) is 41.2. The summed E-state index contributed by atoms with van der Waals surface area (Å²) in [6.45, 7) is 1.07. The molecular weight excluding hydrogens is 244 g/mol. The molecule has 1 heterocycles. The van der Waals surface area contributed by atoms with Crippen molar-refractivity contribution in [1.82, 2.24) is 10.6 Å². The highest BCUT2D eigenvalue weighted by molar-refractivity contribution is 5.85. The second-order valence-electron chi connectivity index (χ2n) is 6.37. The molecule has 5 atom stereocenters. The predicted octanol–water partition coefficient (Wildman–Crippen LogP) is 0.744. The molecule has 3 aliphatic rings. The zero-order valence-electron chi connectivity index (χ0n) is 11.1. The molecule has 2 aliphatic carbocycles. The third kappa shape index (κ3) is 2.61. The summed E-state index contributed by atoms with van der Waals surface area (Å²) < 4.78 is 0.